The summed E-state index contributed by atoms with van der Waals surface area (Å²) in [5.41, 5.74) is 1.61. The summed E-state index contributed by atoms with van der Waals surface area (Å²) in [4.78, 5) is 0. The number of nitrogens with one attached hydrogen (secondary N) is 1. The predicted octanol–water partition coefficient (Wildman–Crippen LogP) is 5.43. The molecule has 3 nitrogen and oxygen atoms in total. The minimum absolute atomic E-state index is 0.395. The van der Waals surface area contributed by atoms with Crippen LogP contribution in [0.3, 0.4) is 0 Å². The number of rotatable bonds is 5. The van der Waals surface area contributed by atoms with Crippen LogP contribution < -0.4 is 5.32 Å². The summed E-state index contributed by atoms with van der Waals surface area (Å²) in [6.07, 6.45) is 3.03. The molecular weight excluding hydrogens is 317 g/mol. The lowest BCUT2D eigenvalue weighted by Gasteiger charge is -2.10. The van der Waals surface area contributed by atoms with Crippen molar-refractivity contribution in [2.75, 3.05) is 5.32 Å². The van der Waals surface area contributed by atoms with Crippen LogP contribution in [0.15, 0.2) is 24.4 Å². The molecule has 0 aliphatic rings. The van der Waals surface area contributed by atoms with E-state index in [2.05, 4.69) is 24.3 Å². The van der Waals surface area contributed by atoms with Crippen LogP contribution in [0.25, 0.3) is 0 Å². The molecule has 1 aromatic heterocycles. The van der Waals surface area contributed by atoms with E-state index in [1.54, 1.807) is 12.1 Å². The van der Waals surface area contributed by atoms with Crippen molar-refractivity contribution in [2.45, 2.75) is 32.9 Å². The lowest BCUT2D eigenvalue weighted by atomic mass is 10.3. The van der Waals surface area contributed by atoms with Crippen LogP contribution in [0.5, 0.6) is 0 Å². The summed E-state index contributed by atoms with van der Waals surface area (Å²) in [5, 5.41) is 9.24. The smallest absolute Gasteiger partial charge is 0.0815 e. The predicted molar refractivity (Wildman–Crippen MR) is 86.0 cm³/mol. The molecule has 0 saturated heterocycles. The van der Waals surface area contributed by atoms with Gasteiger partial charge in [-0.15, -0.1) is 0 Å². The number of hydrogen-bond acceptors (Lipinski definition) is 2. The normalized spacial score (nSPS) is 12.4. The van der Waals surface area contributed by atoms with Crippen LogP contribution in [0.4, 0.5) is 5.69 Å². The van der Waals surface area contributed by atoms with E-state index in [4.69, 9.17) is 34.8 Å². The Morgan fingerprint density at radius 1 is 1.25 bits per heavy atom. The van der Waals surface area contributed by atoms with Gasteiger partial charge < -0.3 is 5.32 Å². The van der Waals surface area contributed by atoms with Crippen LogP contribution in [0.1, 0.15) is 32.0 Å². The summed E-state index contributed by atoms with van der Waals surface area (Å²) in [6.45, 7) is 4.83. The molecule has 1 N–H and O–H groups in total. The highest BCUT2D eigenvalue weighted by Crippen LogP contribution is 2.33. The third-order valence-electron chi connectivity index (χ3n) is 3.16. The minimum atomic E-state index is 0.395. The van der Waals surface area contributed by atoms with Gasteiger partial charge in [0.15, 0.2) is 0 Å². The zero-order chi connectivity index (χ0) is 14.7. The Morgan fingerprint density at radius 3 is 2.50 bits per heavy atom. The molecule has 0 spiro atoms. The van der Waals surface area contributed by atoms with E-state index < -0.39 is 0 Å². The zero-order valence-corrected chi connectivity index (χ0v) is 13.6. The highest BCUT2D eigenvalue weighted by molar-refractivity contribution is 6.41. The van der Waals surface area contributed by atoms with Crippen molar-refractivity contribution in [3.05, 3.63) is 45.2 Å². The maximum Gasteiger partial charge on any atom is 0.0815 e. The van der Waals surface area contributed by atoms with Gasteiger partial charge in [-0.25, -0.2) is 0 Å². The standard InChI is InChI=1S/C14H16Cl3N3/c1-3-9(2)20-5-4-11(19-20)8-18-14-12(16)6-10(15)7-13(14)17/h4-7,9,18H,3,8H2,1-2H3. The van der Waals surface area contributed by atoms with Crippen molar-refractivity contribution in [1.82, 2.24) is 9.78 Å². The van der Waals surface area contributed by atoms with Crippen LogP contribution in [0.2, 0.25) is 15.1 Å². The SMILES string of the molecule is CCC(C)n1ccc(CNc2c(Cl)cc(Cl)cc2Cl)n1. The summed E-state index contributed by atoms with van der Waals surface area (Å²) in [6, 6.07) is 5.70. The Labute approximate surface area is 133 Å². The lowest BCUT2D eigenvalue weighted by Crippen LogP contribution is -2.07. The average molecular weight is 333 g/mol. The van der Waals surface area contributed by atoms with E-state index in [9.17, 15) is 0 Å². The molecule has 108 valence electrons. The second kappa shape index (κ2) is 6.70. The largest absolute Gasteiger partial charge is 0.377 e. The summed E-state index contributed by atoms with van der Waals surface area (Å²) < 4.78 is 1.96. The summed E-state index contributed by atoms with van der Waals surface area (Å²) in [5.74, 6) is 0. The molecule has 1 aromatic carbocycles. The fourth-order valence-corrected chi connectivity index (χ4v) is 2.74. The van der Waals surface area contributed by atoms with Crippen molar-refractivity contribution in [3.8, 4) is 0 Å². The average Bonchev–Trinajstić information content (AvgIpc) is 2.85. The first-order chi connectivity index (χ1) is 9.51. The van der Waals surface area contributed by atoms with Gasteiger partial charge in [-0.3, -0.25) is 4.68 Å². The Balaban J connectivity index is 2.07. The highest BCUT2D eigenvalue weighted by Gasteiger charge is 2.09. The van der Waals surface area contributed by atoms with Gasteiger partial charge in [0.2, 0.25) is 0 Å². The van der Waals surface area contributed by atoms with E-state index in [0.29, 0.717) is 33.3 Å². The molecule has 1 heterocycles. The molecule has 20 heavy (non-hydrogen) atoms. The molecule has 0 amide bonds. The quantitative estimate of drug-likeness (QED) is 0.791. The van der Waals surface area contributed by atoms with Crippen molar-refractivity contribution in [1.29, 1.82) is 0 Å². The first kappa shape index (κ1) is 15.5. The molecule has 0 aliphatic carbocycles. The van der Waals surface area contributed by atoms with E-state index in [1.807, 2.05) is 16.9 Å². The lowest BCUT2D eigenvalue weighted by molar-refractivity contribution is 0.474. The molecule has 0 radical (unpaired) electrons. The van der Waals surface area contributed by atoms with Gasteiger partial charge in [-0.05, 0) is 31.5 Å². The fourth-order valence-electron chi connectivity index (χ4n) is 1.79. The number of hydrogen-bond donors (Lipinski definition) is 1. The molecule has 2 aromatic rings. The van der Waals surface area contributed by atoms with Crippen LogP contribution in [-0.2, 0) is 6.54 Å². The van der Waals surface area contributed by atoms with Gasteiger partial charge in [-0.1, -0.05) is 41.7 Å². The van der Waals surface area contributed by atoms with Crippen molar-refractivity contribution in [2.24, 2.45) is 0 Å². The molecule has 0 aliphatic heterocycles. The first-order valence-electron chi connectivity index (χ1n) is 6.43. The molecule has 0 fully saturated rings. The molecule has 1 unspecified atom stereocenters. The Bertz CT molecular complexity index is 572. The molecule has 0 saturated carbocycles. The number of aromatic nitrogens is 2. The van der Waals surface area contributed by atoms with Crippen molar-refractivity contribution < 1.29 is 0 Å². The highest BCUT2D eigenvalue weighted by atomic mass is 35.5. The topological polar surface area (TPSA) is 29.9 Å². The number of halogens is 3. The Morgan fingerprint density at radius 2 is 1.90 bits per heavy atom. The van der Waals surface area contributed by atoms with Crippen LogP contribution >= 0.6 is 34.8 Å². The van der Waals surface area contributed by atoms with Crippen LogP contribution in [0, 0.1) is 0 Å². The molecule has 0 bridgehead atoms. The van der Waals surface area contributed by atoms with Crippen molar-refractivity contribution >= 4 is 40.5 Å². The monoisotopic (exact) mass is 331 g/mol. The van der Waals surface area contributed by atoms with Gasteiger partial charge in [0, 0.05) is 17.3 Å². The minimum Gasteiger partial charge on any atom is -0.377 e. The molecule has 2 rings (SSSR count). The fraction of sp³-hybridized carbons (Fsp3) is 0.357. The Kier molecular flexibility index (Phi) is 5.19. The second-order valence-corrected chi connectivity index (χ2v) is 5.89. The maximum absolute atomic E-state index is 6.12. The maximum atomic E-state index is 6.12. The molecular formula is C14H16Cl3N3. The van der Waals surface area contributed by atoms with Gasteiger partial charge in [-0.2, -0.15) is 5.10 Å². The third-order valence-corrected chi connectivity index (χ3v) is 3.97. The van der Waals surface area contributed by atoms with E-state index >= 15 is 0 Å². The van der Waals surface area contributed by atoms with E-state index in [1.165, 1.54) is 0 Å². The van der Waals surface area contributed by atoms with Crippen LogP contribution in [-0.4, -0.2) is 9.78 Å². The second-order valence-electron chi connectivity index (χ2n) is 4.64. The Hall–Kier alpha value is -0.900. The molecule has 6 heteroatoms. The number of benzene rings is 1. The summed E-state index contributed by atoms with van der Waals surface area (Å²) >= 11 is 18.1. The van der Waals surface area contributed by atoms with Crippen molar-refractivity contribution in [3.63, 3.8) is 0 Å². The molecule has 1 atom stereocenters. The number of nitrogens with zero attached hydrogens (tertiary/aromatic N) is 2. The number of anilines is 1. The third kappa shape index (κ3) is 3.60. The van der Waals surface area contributed by atoms with Gasteiger partial charge in [0.05, 0.1) is 28.0 Å². The first-order valence-corrected chi connectivity index (χ1v) is 7.57. The zero-order valence-electron chi connectivity index (χ0n) is 11.3. The van der Waals surface area contributed by atoms with Gasteiger partial charge in [0.1, 0.15) is 0 Å². The summed E-state index contributed by atoms with van der Waals surface area (Å²) in [7, 11) is 0. The van der Waals surface area contributed by atoms with E-state index in [-0.39, 0.29) is 0 Å². The van der Waals surface area contributed by atoms with Gasteiger partial charge >= 0.3 is 0 Å². The van der Waals surface area contributed by atoms with E-state index in [0.717, 1.165) is 12.1 Å². The van der Waals surface area contributed by atoms with Gasteiger partial charge in [0.25, 0.3) is 0 Å².